The average Bonchev–Trinajstić information content (AvgIpc) is 2.91. The normalized spacial score (nSPS) is 21.2. The summed E-state index contributed by atoms with van der Waals surface area (Å²) in [5.41, 5.74) is -1.75. The van der Waals surface area contributed by atoms with Crippen molar-refractivity contribution in [2.24, 2.45) is 0 Å². The van der Waals surface area contributed by atoms with Gasteiger partial charge in [-0.15, -0.1) is 0 Å². The third kappa shape index (κ3) is 4.77. The van der Waals surface area contributed by atoms with Crippen LogP contribution in [-0.4, -0.2) is 5.67 Å². The van der Waals surface area contributed by atoms with Gasteiger partial charge in [-0.3, -0.25) is 0 Å². The van der Waals surface area contributed by atoms with Crippen LogP contribution in [0.3, 0.4) is 0 Å². The van der Waals surface area contributed by atoms with E-state index in [2.05, 4.69) is 0 Å². The van der Waals surface area contributed by atoms with Crippen molar-refractivity contribution >= 4 is 86.3 Å². The highest BCUT2D eigenvalue weighted by Crippen LogP contribution is 2.62. The first-order valence-electron chi connectivity index (χ1n) is 12.1. The molecule has 0 saturated heterocycles. The van der Waals surface area contributed by atoms with E-state index >= 15 is 8.78 Å². The lowest BCUT2D eigenvalue weighted by atomic mass is 9.57. The Morgan fingerprint density at radius 3 is 1.85 bits per heavy atom. The summed E-state index contributed by atoms with van der Waals surface area (Å²) in [7, 11) is 0. The second-order valence-corrected chi connectivity index (χ2v) is 12.3. The number of rotatable bonds is 4. The molecule has 0 radical (unpaired) electrons. The monoisotopic (exact) mass is 652 g/mol. The number of hydrogen-bond acceptors (Lipinski definition) is 0. The van der Waals surface area contributed by atoms with Crippen molar-refractivity contribution in [2.75, 3.05) is 0 Å². The molecule has 0 fully saturated rings. The molecule has 0 aliphatic heterocycles. The molecule has 2 atom stereocenters. The molecule has 0 amide bonds. The predicted molar refractivity (Wildman–Crippen MR) is 168 cm³/mol. The van der Waals surface area contributed by atoms with Crippen LogP contribution in [0.25, 0.3) is 16.7 Å². The summed E-state index contributed by atoms with van der Waals surface area (Å²) in [5.74, 6) is -1.04. The van der Waals surface area contributed by atoms with E-state index in [0.717, 1.165) is 0 Å². The van der Waals surface area contributed by atoms with E-state index in [9.17, 15) is 0 Å². The van der Waals surface area contributed by atoms with Crippen LogP contribution in [-0.2, 0) is 5.41 Å². The molecule has 1 aliphatic carbocycles. The zero-order chi connectivity index (χ0) is 29.0. The summed E-state index contributed by atoms with van der Waals surface area (Å²) < 4.78 is 34.6. The van der Waals surface area contributed by atoms with Crippen molar-refractivity contribution in [1.82, 2.24) is 0 Å². The first-order chi connectivity index (χ1) is 18.9. The Morgan fingerprint density at radius 1 is 0.575 bits per heavy atom. The van der Waals surface area contributed by atoms with E-state index in [1.807, 2.05) is 30.3 Å². The lowest BCUT2D eigenvalue weighted by Crippen LogP contribution is -2.48. The highest BCUT2D eigenvalue weighted by atomic mass is 35.5. The quantitative estimate of drug-likeness (QED) is 0.205. The minimum absolute atomic E-state index is 0.0573. The van der Waals surface area contributed by atoms with Crippen molar-refractivity contribution in [1.29, 1.82) is 0 Å². The van der Waals surface area contributed by atoms with Crippen molar-refractivity contribution in [3.63, 3.8) is 0 Å². The maximum Gasteiger partial charge on any atom is 0.173 e. The second-order valence-electron chi connectivity index (χ2n) is 9.81. The van der Waals surface area contributed by atoms with Crippen LogP contribution in [0.5, 0.6) is 0 Å². The minimum Gasteiger partial charge on any atom is -0.235 e. The first kappa shape index (κ1) is 29.5. The molecule has 4 aromatic rings. The number of alkyl halides is 1. The van der Waals surface area contributed by atoms with E-state index in [0.29, 0.717) is 42.9 Å². The van der Waals surface area contributed by atoms with Crippen molar-refractivity contribution in [2.45, 2.75) is 24.9 Å². The van der Waals surface area contributed by atoms with Crippen LogP contribution in [0.15, 0.2) is 90.8 Å². The van der Waals surface area contributed by atoms with Gasteiger partial charge in [-0.1, -0.05) is 112 Å². The molecule has 0 heterocycles. The van der Waals surface area contributed by atoms with Gasteiger partial charge >= 0.3 is 0 Å². The van der Waals surface area contributed by atoms with Gasteiger partial charge in [0.15, 0.2) is 5.67 Å². The van der Waals surface area contributed by atoms with E-state index in [1.54, 1.807) is 55.5 Å². The second kappa shape index (κ2) is 11.0. The summed E-state index contributed by atoms with van der Waals surface area (Å²) in [6, 6.07) is 23.5. The van der Waals surface area contributed by atoms with Gasteiger partial charge in [0.1, 0.15) is 5.83 Å². The Kier molecular flexibility index (Phi) is 8.09. The molecule has 2 unspecified atom stereocenters. The van der Waals surface area contributed by atoms with Gasteiger partial charge in [-0.05, 0) is 78.6 Å². The Labute approximate surface area is 261 Å². The van der Waals surface area contributed by atoms with Crippen molar-refractivity contribution in [3.8, 4) is 0 Å². The summed E-state index contributed by atoms with van der Waals surface area (Å²) >= 11 is 38.7. The Morgan fingerprint density at radius 2 is 1.20 bits per heavy atom. The van der Waals surface area contributed by atoms with Gasteiger partial charge in [0, 0.05) is 36.8 Å². The van der Waals surface area contributed by atoms with E-state index in [-0.39, 0.29) is 26.2 Å². The van der Waals surface area contributed by atoms with E-state index < -0.39 is 16.9 Å². The smallest absolute Gasteiger partial charge is 0.173 e. The molecule has 1 aliphatic rings. The molecule has 0 nitrogen and oxygen atoms in total. The molecule has 0 N–H and O–H groups in total. The largest absolute Gasteiger partial charge is 0.235 e. The molecule has 0 saturated carbocycles. The SMILES string of the molecule is CC1(F)C(F)=C(c2cc(Cl)ccc2Cl)C(c2ccc(Cl)cc2Cl)=C(c2ccccc2)C1(C)c1ccc(Cl)c(Cl)c1. The van der Waals surface area contributed by atoms with Crippen LogP contribution in [0.1, 0.15) is 36.1 Å². The predicted octanol–water partition coefficient (Wildman–Crippen LogP) is 12.6. The molecule has 0 aromatic heterocycles. The standard InChI is InChI=1S/C32H20Cl6F2/c1-31(18-8-12-24(36)26(38)14-18)29(17-6-4-3-5-7-17)27(21-11-9-20(34)16-25(21)37)28(30(39)32(31,2)40)22-15-19(33)10-13-23(22)35/h3-16H,1-2H3. The summed E-state index contributed by atoms with van der Waals surface area (Å²) in [6.45, 7) is 2.86. The number of halogens is 8. The number of hydrogen-bond donors (Lipinski definition) is 0. The fourth-order valence-electron chi connectivity index (χ4n) is 5.34. The molecule has 8 heteroatoms. The fraction of sp³-hybridized carbons (Fsp3) is 0.125. The van der Waals surface area contributed by atoms with Crippen LogP contribution in [0, 0.1) is 0 Å². The lowest BCUT2D eigenvalue weighted by Gasteiger charge is -2.48. The van der Waals surface area contributed by atoms with E-state index in [4.69, 9.17) is 69.6 Å². The third-order valence-electron chi connectivity index (χ3n) is 7.53. The number of benzene rings is 4. The first-order valence-corrected chi connectivity index (χ1v) is 14.4. The maximum atomic E-state index is 17.5. The van der Waals surface area contributed by atoms with Crippen molar-refractivity contribution in [3.05, 3.63) is 143 Å². The molecule has 204 valence electrons. The average molecular weight is 655 g/mol. The van der Waals surface area contributed by atoms with Crippen LogP contribution < -0.4 is 0 Å². The molecular weight excluding hydrogens is 635 g/mol. The number of allylic oxidation sites excluding steroid dienone is 4. The highest BCUT2D eigenvalue weighted by Gasteiger charge is 2.58. The zero-order valence-corrected chi connectivity index (χ0v) is 25.6. The Bertz CT molecular complexity index is 1710. The van der Waals surface area contributed by atoms with Gasteiger partial charge in [0.2, 0.25) is 0 Å². The molecule has 5 rings (SSSR count). The van der Waals surface area contributed by atoms with Crippen LogP contribution in [0.4, 0.5) is 8.78 Å². The minimum atomic E-state index is -2.60. The fourth-order valence-corrected chi connectivity index (χ4v) is 6.52. The Balaban J connectivity index is 2.05. The molecule has 0 spiro atoms. The lowest BCUT2D eigenvalue weighted by molar-refractivity contribution is 0.129. The summed E-state index contributed by atoms with van der Waals surface area (Å²) in [6.07, 6.45) is 0. The summed E-state index contributed by atoms with van der Waals surface area (Å²) in [5, 5.41) is 1.64. The van der Waals surface area contributed by atoms with Gasteiger partial charge in [-0.25, -0.2) is 8.78 Å². The maximum absolute atomic E-state index is 17.5. The molecule has 4 aromatic carbocycles. The highest BCUT2D eigenvalue weighted by molar-refractivity contribution is 6.42. The van der Waals surface area contributed by atoms with Crippen LogP contribution >= 0.6 is 69.6 Å². The van der Waals surface area contributed by atoms with Gasteiger partial charge < -0.3 is 0 Å². The molecular formula is C32H20Cl6F2. The zero-order valence-electron chi connectivity index (χ0n) is 21.1. The Hall–Kier alpha value is -2.04. The van der Waals surface area contributed by atoms with Gasteiger partial charge in [0.05, 0.1) is 15.5 Å². The van der Waals surface area contributed by atoms with Gasteiger partial charge in [0.25, 0.3) is 0 Å². The third-order valence-corrected chi connectivity index (χ3v) is 9.38. The molecule has 40 heavy (non-hydrogen) atoms. The summed E-state index contributed by atoms with van der Waals surface area (Å²) in [4.78, 5) is 0. The molecule has 0 bridgehead atoms. The van der Waals surface area contributed by atoms with E-state index in [1.165, 1.54) is 13.0 Å². The topological polar surface area (TPSA) is 0 Å². The van der Waals surface area contributed by atoms with Gasteiger partial charge in [-0.2, -0.15) is 0 Å². The van der Waals surface area contributed by atoms with Crippen molar-refractivity contribution < 1.29 is 8.78 Å². The van der Waals surface area contributed by atoms with Crippen LogP contribution in [0.2, 0.25) is 30.1 Å².